The maximum Gasteiger partial charge on any atom is 0.195 e. The van der Waals surface area contributed by atoms with Gasteiger partial charge in [0.2, 0.25) is 0 Å². The van der Waals surface area contributed by atoms with Crippen LogP contribution in [0, 0.1) is 6.92 Å². The maximum atomic E-state index is 13.3. The van der Waals surface area contributed by atoms with Gasteiger partial charge in [-0.3, -0.25) is 4.79 Å². The van der Waals surface area contributed by atoms with Gasteiger partial charge in [-0.2, -0.15) is 0 Å². The Kier molecular flexibility index (Phi) is 7.19. The Balaban J connectivity index is 0.00000256. The Hall–Kier alpha value is -2.34. The third-order valence-corrected chi connectivity index (χ3v) is 6.01. The van der Waals surface area contributed by atoms with Crippen molar-refractivity contribution in [2.45, 2.75) is 32.4 Å². The second kappa shape index (κ2) is 9.65. The first kappa shape index (κ1) is 22.3. The Labute approximate surface area is 183 Å². The minimum Gasteiger partial charge on any atom is -0.497 e. The van der Waals surface area contributed by atoms with Crippen LogP contribution in [0.4, 0.5) is 0 Å². The molecule has 2 heterocycles. The monoisotopic (exact) mass is 428 g/mol. The largest absolute Gasteiger partial charge is 0.497 e. The molecule has 0 radical (unpaired) electrons. The van der Waals surface area contributed by atoms with Crippen molar-refractivity contribution in [3.8, 4) is 5.75 Å². The SMILES string of the molecule is COc1ccc(C(=O)c2c(C)n(CCN3CCC(O)CC3)c3ccccc23)cc1.Cl. The highest BCUT2D eigenvalue weighted by atomic mass is 35.5. The van der Waals surface area contributed by atoms with Crippen molar-refractivity contribution in [2.75, 3.05) is 26.7 Å². The predicted octanol–water partition coefficient (Wildman–Crippen LogP) is 4.07. The first-order valence-corrected chi connectivity index (χ1v) is 10.3. The maximum absolute atomic E-state index is 13.3. The lowest BCUT2D eigenvalue weighted by molar-refractivity contribution is 0.0810. The molecular formula is C24H29ClN2O3. The molecule has 1 aromatic heterocycles. The number of rotatable bonds is 6. The molecule has 0 aliphatic carbocycles. The summed E-state index contributed by atoms with van der Waals surface area (Å²) >= 11 is 0. The lowest BCUT2D eigenvalue weighted by atomic mass is 10.0. The first-order chi connectivity index (χ1) is 14.1. The van der Waals surface area contributed by atoms with E-state index in [0.717, 1.165) is 66.9 Å². The van der Waals surface area contributed by atoms with Crippen LogP contribution in [0.1, 0.15) is 34.5 Å². The number of piperidine rings is 1. The second-order valence-corrected chi connectivity index (χ2v) is 7.76. The van der Waals surface area contributed by atoms with Crippen molar-refractivity contribution in [2.24, 2.45) is 0 Å². The molecule has 1 saturated heterocycles. The molecule has 1 N–H and O–H groups in total. The highest BCUT2D eigenvalue weighted by Gasteiger charge is 2.22. The summed E-state index contributed by atoms with van der Waals surface area (Å²) in [6.45, 7) is 5.64. The molecule has 0 amide bonds. The molecule has 0 bridgehead atoms. The third-order valence-electron chi connectivity index (χ3n) is 6.01. The van der Waals surface area contributed by atoms with E-state index >= 15 is 0 Å². The molecule has 0 spiro atoms. The van der Waals surface area contributed by atoms with Gasteiger partial charge < -0.3 is 19.3 Å². The van der Waals surface area contributed by atoms with Crippen LogP contribution in [0.3, 0.4) is 0 Å². The Morgan fingerprint density at radius 1 is 1.07 bits per heavy atom. The zero-order valence-electron chi connectivity index (χ0n) is 17.5. The summed E-state index contributed by atoms with van der Waals surface area (Å²) in [7, 11) is 1.62. The van der Waals surface area contributed by atoms with Gasteiger partial charge in [0, 0.05) is 48.3 Å². The highest BCUT2D eigenvalue weighted by Crippen LogP contribution is 2.29. The fourth-order valence-electron chi connectivity index (χ4n) is 4.28. The van der Waals surface area contributed by atoms with Crippen molar-refractivity contribution in [1.82, 2.24) is 9.47 Å². The third kappa shape index (κ3) is 4.38. The number of fused-ring (bicyclic) bond motifs is 1. The Morgan fingerprint density at radius 3 is 2.40 bits per heavy atom. The van der Waals surface area contributed by atoms with Crippen molar-refractivity contribution in [3.63, 3.8) is 0 Å². The van der Waals surface area contributed by atoms with Gasteiger partial charge in [-0.05, 0) is 50.1 Å². The number of ether oxygens (including phenoxy) is 1. The van der Waals surface area contributed by atoms with Gasteiger partial charge in [0.25, 0.3) is 0 Å². The average Bonchev–Trinajstić information content (AvgIpc) is 3.04. The van der Waals surface area contributed by atoms with Crippen LogP contribution in [0.15, 0.2) is 48.5 Å². The van der Waals surface area contributed by atoms with E-state index in [0.29, 0.717) is 5.56 Å². The standard InChI is InChI=1S/C24H28N2O3.ClH/c1-17-23(24(28)18-7-9-20(29-2)10-8-18)21-5-3-4-6-22(21)26(17)16-15-25-13-11-19(27)12-14-25;/h3-10,19,27H,11-16H2,1-2H3;1H. The molecule has 0 saturated carbocycles. The summed E-state index contributed by atoms with van der Waals surface area (Å²) < 4.78 is 7.47. The van der Waals surface area contributed by atoms with Crippen LogP contribution in [0.5, 0.6) is 5.75 Å². The number of aliphatic hydroxyl groups excluding tert-OH is 1. The summed E-state index contributed by atoms with van der Waals surface area (Å²) in [5.74, 6) is 0.786. The number of ketones is 1. The van der Waals surface area contributed by atoms with Gasteiger partial charge in [-0.25, -0.2) is 0 Å². The fourth-order valence-corrected chi connectivity index (χ4v) is 4.28. The average molecular weight is 429 g/mol. The number of likely N-dealkylation sites (tertiary alicyclic amines) is 1. The van der Waals surface area contributed by atoms with E-state index in [1.54, 1.807) is 7.11 Å². The number of hydrogen-bond acceptors (Lipinski definition) is 4. The van der Waals surface area contributed by atoms with Gasteiger partial charge in [-0.1, -0.05) is 18.2 Å². The second-order valence-electron chi connectivity index (χ2n) is 7.76. The van der Waals surface area contributed by atoms with E-state index < -0.39 is 0 Å². The summed E-state index contributed by atoms with van der Waals surface area (Å²) in [5, 5.41) is 10.7. The molecule has 1 aliphatic heterocycles. The Morgan fingerprint density at radius 2 is 1.73 bits per heavy atom. The van der Waals surface area contributed by atoms with Crippen molar-refractivity contribution >= 4 is 29.1 Å². The molecule has 2 aromatic carbocycles. The van der Waals surface area contributed by atoms with E-state index in [-0.39, 0.29) is 24.3 Å². The molecule has 0 unspecified atom stereocenters. The van der Waals surface area contributed by atoms with Gasteiger partial charge in [0.1, 0.15) is 5.75 Å². The summed E-state index contributed by atoms with van der Waals surface area (Å²) in [4.78, 5) is 15.7. The number of carbonyl (C=O) groups excluding carboxylic acids is 1. The van der Waals surface area contributed by atoms with Crippen LogP contribution < -0.4 is 4.74 Å². The van der Waals surface area contributed by atoms with E-state index in [2.05, 4.69) is 15.5 Å². The van der Waals surface area contributed by atoms with Crippen LogP contribution in [0.2, 0.25) is 0 Å². The smallest absolute Gasteiger partial charge is 0.195 e. The van der Waals surface area contributed by atoms with Crippen LogP contribution in [-0.4, -0.2) is 53.2 Å². The summed E-state index contributed by atoms with van der Waals surface area (Å²) in [5.41, 5.74) is 3.55. The molecule has 30 heavy (non-hydrogen) atoms. The van der Waals surface area contributed by atoms with Crippen molar-refractivity contribution in [1.29, 1.82) is 0 Å². The number of methoxy groups -OCH3 is 1. The minimum absolute atomic E-state index is 0. The van der Waals surface area contributed by atoms with E-state index in [1.165, 1.54) is 0 Å². The molecule has 160 valence electrons. The molecule has 5 nitrogen and oxygen atoms in total. The molecule has 3 aromatic rings. The molecular weight excluding hydrogens is 400 g/mol. The fraction of sp³-hybridized carbons (Fsp3) is 0.375. The molecule has 6 heteroatoms. The number of para-hydroxylation sites is 1. The van der Waals surface area contributed by atoms with Gasteiger partial charge in [-0.15, -0.1) is 12.4 Å². The molecule has 1 aliphatic rings. The van der Waals surface area contributed by atoms with Crippen molar-refractivity contribution in [3.05, 3.63) is 65.4 Å². The van der Waals surface area contributed by atoms with E-state index in [1.807, 2.05) is 49.4 Å². The number of carbonyl (C=O) groups is 1. The van der Waals surface area contributed by atoms with Crippen molar-refractivity contribution < 1.29 is 14.6 Å². The highest BCUT2D eigenvalue weighted by molar-refractivity contribution is 6.17. The lowest BCUT2D eigenvalue weighted by Crippen LogP contribution is -2.37. The normalized spacial score (nSPS) is 15.2. The lowest BCUT2D eigenvalue weighted by Gasteiger charge is -2.29. The number of halogens is 1. The summed E-state index contributed by atoms with van der Waals surface area (Å²) in [6, 6.07) is 15.4. The molecule has 0 atom stereocenters. The quantitative estimate of drug-likeness (QED) is 0.601. The molecule has 1 fully saturated rings. The number of nitrogens with zero attached hydrogens (tertiary/aromatic N) is 2. The topological polar surface area (TPSA) is 54.7 Å². The van der Waals surface area contributed by atoms with Gasteiger partial charge in [0.15, 0.2) is 5.78 Å². The van der Waals surface area contributed by atoms with Crippen LogP contribution in [-0.2, 0) is 6.54 Å². The van der Waals surface area contributed by atoms with Crippen LogP contribution in [0.25, 0.3) is 10.9 Å². The summed E-state index contributed by atoms with van der Waals surface area (Å²) in [6.07, 6.45) is 1.52. The Bertz CT molecular complexity index is 1010. The number of aromatic nitrogens is 1. The van der Waals surface area contributed by atoms with Crippen LogP contribution >= 0.6 is 12.4 Å². The number of benzene rings is 2. The molecule has 4 rings (SSSR count). The minimum atomic E-state index is -0.158. The first-order valence-electron chi connectivity index (χ1n) is 10.3. The zero-order valence-corrected chi connectivity index (χ0v) is 18.3. The van der Waals surface area contributed by atoms with Gasteiger partial charge >= 0.3 is 0 Å². The zero-order chi connectivity index (χ0) is 20.4. The van der Waals surface area contributed by atoms with E-state index in [9.17, 15) is 9.90 Å². The number of hydrogen-bond donors (Lipinski definition) is 1. The number of aliphatic hydroxyl groups is 1. The van der Waals surface area contributed by atoms with Gasteiger partial charge in [0.05, 0.1) is 18.8 Å². The van der Waals surface area contributed by atoms with E-state index in [4.69, 9.17) is 4.74 Å². The predicted molar refractivity (Wildman–Crippen MR) is 122 cm³/mol.